The summed E-state index contributed by atoms with van der Waals surface area (Å²) in [6.07, 6.45) is 3.28. The molecule has 1 amide bonds. The van der Waals surface area contributed by atoms with Gasteiger partial charge in [0, 0.05) is 6.92 Å². The second kappa shape index (κ2) is 8.78. The number of hydrogen-bond donors (Lipinski definition) is 1. The number of carbonyl (C=O) groups is 2. The molecular weight excluding hydrogens is 332 g/mol. The van der Waals surface area contributed by atoms with Crippen LogP contribution in [0.5, 0.6) is 5.75 Å². The Kier molecular flexibility index (Phi) is 6.73. The van der Waals surface area contributed by atoms with Gasteiger partial charge in [-0.1, -0.05) is 25.0 Å². The van der Waals surface area contributed by atoms with Crippen LogP contribution in [-0.2, 0) is 14.3 Å². The van der Waals surface area contributed by atoms with Gasteiger partial charge >= 0.3 is 12.6 Å². The monoisotopic (exact) mass is 355 g/mol. The van der Waals surface area contributed by atoms with Gasteiger partial charge in [-0.2, -0.15) is 8.78 Å². The molecule has 0 saturated heterocycles. The Hall–Kier alpha value is -2.18. The molecular formula is C18H23F2NO4. The number of alkyl halides is 2. The summed E-state index contributed by atoms with van der Waals surface area (Å²) >= 11 is 0. The van der Waals surface area contributed by atoms with Crippen molar-refractivity contribution in [2.24, 2.45) is 5.92 Å². The molecule has 2 rings (SSSR count). The van der Waals surface area contributed by atoms with Gasteiger partial charge in [-0.15, -0.1) is 0 Å². The minimum absolute atomic E-state index is 0.0411. The molecule has 0 heterocycles. The van der Waals surface area contributed by atoms with Crippen molar-refractivity contribution in [3.05, 3.63) is 29.8 Å². The Balaban J connectivity index is 2.00. The van der Waals surface area contributed by atoms with Crippen molar-refractivity contribution in [3.63, 3.8) is 0 Å². The molecule has 0 bridgehead atoms. The van der Waals surface area contributed by atoms with Gasteiger partial charge in [-0.25, -0.2) is 4.79 Å². The van der Waals surface area contributed by atoms with E-state index in [-0.39, 0.29) is 17.6 Å². The van der Waals surface area contributed by atoms with Gasteiger partial charge in [-0.05, 0) is 43.4 Å². The van der Waals surface area contributed by atoms with Crippen molar-refractivity contribution in [2.75, 3.05) is 0 Å². The average Bonchev–Trinajstić information content (AvgIpc) is 3.06. The molecule has 7 heteroatoms. The van der Waals surface area contributed by atoms with Gasteiger partial charge in [0.1, 0.15) is 17.9 Å². The van der Waals surface area contributed by atoms with Crippen LogP contribution >= 0.6 is 0 Å². The van der Waals surface area contributed by atoms with Crippen molar-refractivity contribution < 1.29 is 27.8 Å². The van der Waals surface area contributed by atoms with E-state index in [9.17, 15) is 18.4 Å². The number of nitrogens with one attached hydrogen (secondary N) is 1. The fraction of sp³-hybridized carbons (Fsp3) is 0.556. The summed E-state index contributed by atoms with van der Waals surface area (Å²) in [6, 6.07) is 5.28. The van der Waals surface area contributed by atoms with Crippen LogP contribution in [0.2, 0.25) is 0 Å². The zero-order valence-electron chi connectivity index (χ0n) is 14.3. The number of ether oxygens (including phenoxy) is 2. The summed E-state index contributed by atoms with van der Waals surface area (Å²) in [7, 11) is 0. The lowest BCUT2D eigenvalue weighted by Gasteiger charge is -2.24. The first kappa shape index (κ1) is 19.1. The fourth-order valence-corrected chi connectivity index (χ4v) is 3.11. The van der Waals surface area contributed by atoms with Crippen LogP contribution < -0.4 is 10.1 Å². The number of hydrogen-bond acceptors (Lipinski definition) is 4. The largest absolute Gasteiger partial charge is 0.456 e. The second-order valence-electron chi connectivity index (χ2n) is 6.25. The minimum atomic E-state index is -2.88. The number of carbonyl (C=O) groups excluding carboxylic acids is 2. The minimum Gasteiger partial charge on any atom is -0.456 e. The molecule has 1 aliphatic carbocycles. The van der Waals surface area contributed by atoms with Gasteiger partial charge in [0.05, 0.1) is 0 Å². The SMILES string of the molecule is CC(=O)NC(C(=O)OC(C)c1ccc(OC(F)F)cc1)C1CCCC1. The summed E-state index contributed by atoms with van der Waals surface area (Å²) in [5.41, 5.74) is 0.656. The Labute approximate surface area is 145 Å². The van der Waals surface area contributed by atoms with Crippen LogP contribution in [0.25, 0.3) is 0 Å². The molecule has 1 aromatic rings. The Morgan fingerprint density at radius 1 is 1.16 bits per heavy atom. The highest BCUT2D eigenvalue weighted by molar-refractivity contribution is 5.83. The first-order valence-corrected chi connectivity index (χ1v) is 8.39. The van der Waals surface area contributed by atoms with Crippen LogP contribution in [0.15, 0.2) is 24.3 Å². The first-order valence-electron chi connectivity index (χ1n) is 8.39. The van der Waals surface area contributed by atoms with Crippen molar-refractivity contribution in [1.29, 1.82) is 0 Å². The van der Waals surface area contributed by atoms with Crippen molar-refractivity contribution >= 4 is 11.9 Å². The van der Waals surface area contributed by atoms with E-state index in [1.54, 1.807) is 19.1 Å². The Morgan fingerprint density at radius 3 is 2.28 bits per heavy atom. The lowest BCUT2D eigenvalue weighted by molar-refractivity contribution is -0.154. The van der Waals surface area contributed by atoms with Crippen LogP contribution in [-0.4, -0.2) is 24.5 Å². The highest BCUT2D eigenvalue weighted by Crippen LogP contribution is 2.29. The van der Waals surface area contributed by atoms with Crippen LogP contribution in [0.3, 0.4) is 0 Å². The smallest absolute Gasteiger partial charge is 0.387 e. The average molecular weight is 355 g/mol. The van der Waals surface area contributed by atoms with Gasteiger partial charge in [0.2, 0.25) is 5.91 Å². The van der Waals surface area contributed by atoms with Crippen molar-refractivity contribution in [3.8, 4) is 5.75 Å². The predicted molar refractivity (Wildman–Crippen MR) is 87.1 cm³/mol. The number of benzene rings is 1. The number of halogens is 2. The van der Waals surface area contributed by atoms with E-state index in [0.717, 1.165) is 25.7 Å². The van der Waals surface area contributed by atoms with E-state index < -0.39 is 24.7 Å². The van der Waals surface area contributed by atoms with E-state index in [1.807, 2.05) is 0 Å². The van der Waals surface area contributed by atoms with E-state index in [2.05, 4.69) is 10.1 Å². The lowest BCUT2D eigenvalue weighted by Crippen LogP contribution is -2.45. The van der Waals surface area contributed by atoms with Gasteiger partial charge < -0.3 is 14.8 Å². The van der Waals surface area contributed by atoms with E-state index in [1.165, 1.54) is 19.1 Å². The molecule has 0 spiro atoms. The standard InChI is InChI=1S/C18H23F2NO4/c1-11(13-7-9-15(10-8-13)25-18(19)20)24-17(23)16(21-12(2)22)14-5-3-4-6-14/h7-11,14,16,18H,3-6H2,1-2H3,(H,21,22). The molecule has 1 fully saturated rings. The molecule has 138 valence electrons. The lowest BCUT2D eigenvalue weighted by atomic mass is 9.98. The number of esters is 1. The molecule has 1 N–H and O–H groups in total. The van der Waals surface area contributed by atoms with Gasteiger partial charge in [0.15, 0.2) is 0 Å². The molecule has 2 unspecified atom stereocenters. The maximum atomic E-state index is 12.5. The topological polar surface area (TPSA) is 64.6 Å². The summed E-state index contributed by atoms with van der Waals surface area (Å²) in [6.45, 7) is 0.187. The highest BCUT2D eigenvalue weighted by Gasteiger charge is 2.33. The van der Waals surface area contributed by atoms with Crippen LogP contribution in [0.1, 0.15) is 51.2 Å². The quantitative estimate of drug-likeness (QED) is 0.759. The second-order valence-corrected chi connectivity index (χ2v) is 6.25. The van der Waals surface area contributed by atoms with Crippen molar-refractivity contribution in [1.82, 2.24) is 5.32 Å². The third-order valence-corrected chi connectivity index (χ3v) is 4.35. The summed E-state index contributed by atoms with van der Waals surface area (Å²) in [5.74, 6) is -0.609. The fourth-order valence-electron chi connectivity index (χ4n) is 3.11. The molecule has 0 radical (unpaired) electrons. The number of rotatable bonds is 7. The summed E-state index contributed by atoms with van der Waals surface area (Å²) in [4.78, 5) is 23.9. The summed E-state index contributed by atoms with van der Waals surface area (Å²) in [5, 5.41) is 2.69. The van der Waals surface area contributed by atoms with Crippen molar-refractivity contribution in [2.45, 2.75) is 58.3 Å². The molecule has 1 aliphatic rings. The first-order chi connectivity index (χ1) is 11.9. The van der Waals surface area contributed by atoms with Crippen LogP contribution in [0.4, 0.5) is 8.78 Å². The Morgan fingerprint density at radius 2 is 1.76 bits per heavy atom. The maximum Gasteiger partial charge on any atom is 0.387 e. The normalized spacial score (nSPS) is 17.2. The molecule has 5 nitrogen and oxygen atoms in total. The molecule has 0 aliphatic heterocycles. The molecule has 0 aromatic heterocycles. The van der Waals surface area contributed by atoms with Crippen LogP contribution in [0, 0.1) is 5.92 Å². The Bertz CT molecular complexity index is 585. The van der Waals surface area contributed by atoms with E-state index >= 15 is 0 Å². The third-order valence-electron chi connectivity index (χ3n) is 4.35. The van der Waals surface area contributed by atoms with Gasteiger partial charge in [0.25, 0.3) is 0 Å². The number of amides is 1. The third kappa shape index (κ3) is 5.69. The molecule has 1 saturated carbocycles. The molecule has 1 aromatic carbocycles. The zero-order valence-corrected chi connectivity index (χ0v) is 14.3. The maximum absolute atomic E-state index is 12.5. The highest BCUT2D eigenvalue weighted by atomic mass is 19.3. The van der Waals surface area contributed by atoms with Gasteiger partial charge in [-0.3, -0.25) is 4.79 Å². The predicted octanol–water partition coefficient (Wildman–Crippen LogP) is 3.59. The molecule has 25 heavy (non-hydrogen) atoms. The summed E-state index contributed by atoms with van der Waals surface area (Å²) < 4.78 is 34.1. The molecule has 2 atom stereocenters. The van der Waals surface area contributed by atoms with E-state index in [0.29, 0.717) is 5.56 Å². The zero-order chi connectivity index (χ0) is 18.4. The van der Waals surface area contributed by atoms with E-state index in [4.69, 9.17) is 4.74 Å².